The minimum absolute atomic E-state index is 0.260. The maximum atomic E-state index is 12.8. The number of ether oxygens (including phenoxy) is 8. The second kappa shape index (κ2) is 16.0. The number of carbonyl (C=O) groups is 5. The minimum atomic E-state index is -2.54. The third kappa shape index (κ3) is 9.37. The van der Waals surface area contributed by atoms with Crippen molar-refractivity contribution in [2.45, 2.75) is 82.5 Å². The Morgan fingerprint density at radius 2 is 1.45 bits per heavy atom. The molecule has 0 bridgehead atoms. The van der Waals surface area contributed by atoms with Gasteiger partial charge in [0.1, 0.15) is 31.5 Å². The molecule has 18 nitrogen and oxygen atoms in total. The van der Waals surface area contributed by atoms with E-state index in [1.807, 2.05) is 0 Å². The summed E-state index contributed by atoms with van der Waals surface area (Å²) in [6, 6.07) is 3.67. The lowest BCUT2D eigenvalue weighted by atomic mass is 9.97. The molecule has 18 heteroatoms. The van der Waals surface area contributed by atoms with E-state index in [1.54, 1.807) is 0 Å². The van der Waals surface area contributed by atoms with Crippen molar-refractivity contribution in [3.05, 3.63) is 29.8 Å². The van der Waals surface area contributed by atoms with Gasteiger partial charge in [-0.25, -0.2) is 4.79 Å². The van der Waals surface area contributed by atoms with Gasteiger partial charge >= 0.3 is 29.8 Å². The van der Waals surface area contributed by atoms with Crippen LogP contribution in [0.5, 0.6) is 11.5 Å². The summed E-state index contributed by atoms with van der Waals surface area (Å²) in [5.74, 6) is -8.10. The predicted molar refractivity (Wildman–Crippen MR) is 150 cm³/mol. The van der Waals surface area contributed by atoms with Crippen molar-refractivity contribution in [3.63, 3.8) is 0 Å². The van der Waals surface area contributed by atoms with Gasteiger partial charge in [-0.05, 0) is 23.8 Å². The average Bonchev–Trinajstić information content (AvgIpc) is 3.25. The molecule has 3 rings (SSSR count). The first-order valence-electron chi connectivity index (χ1n) is 14.1. The first-order valence-corrected chi connectivity index (χ1v) is 14.1. The standard InChI is InChI=1S/C29H36O18/c1-13(32)40-11-21-24(41-14(2)33)25(42-15(3)34)26(43-16(4)35)28(44-21)47-29(12-31)27(23(39)20(10-30)46-29)45-22(38)8-6-17-5-7-18(36)19(37)9-17/h5-9,20-21,23-28,30-31,36-37,39H,10-12H2,1-4H3/b8-6+/t20-,21-,23-,24-,25+,26-,27+,28-,29+/m1/s1. The van der Waals surface area contributed by atoms with Crippen LogP contribution < -0.4 is 0 Å². The van der Waals surface area contributed by atoms with E-state index in [0.29, 0.717) is 0 Å². The number of aromatic hydroxyl groups is 2. The van der Waals surface area contributed by atoms with E-state index in [1.165, 1.54) is 18.2 Å². The van der Waals surface area contributed by atoms with Crippen LogP contribution in [-0.2, 0) is 61.9 Å². The lowest BCUT2D eigenvalue weighted by Crippen LogP contribution is -2.65. The molecule has 1 aromatic rings. The normalized spacial score (nSPS) is 30.4. The molecule has 0 amide bonds. The molecule has 0 unspecified atom stereocenters. The van der Waals surface area contributed by atoms with Gasteiger partial charge < -0.3 is 63.4 Å². The highest BCUT2D eigenvalue weighted by Gasteiger charge is 2.62. The van der Waals surface area contributed by atoms with E-state index < -0.39 is 116 Å². The Morgan fingerprint density at radius 1 is 0.830 bits per heavy atom. The van der Waals surface area contributed by atoms with Crippen LogP contribution in [0.1, 0.15) is 33.3 Å². The van der Waals surface area contributed by atoms with Crippen molar-refractivity contribution in [1.29, 1.82) is 0 Å². The van der Waals surface area contributed by atoms with Crippen molar-refractivity contribution in [2.24, 2.45) is 0 Å². The Morgan fingerprint density at radius 3 is 2.00 bits per heavy atom. The summed E-state index contributed by atoms with van der Waals surface area (Å²) in [5.41, 5.74) is 0.260. The number of benzene rings is 1. The Bertz CT molecular complexity index is 1340. The van der Waals surface area contributed by atoms with E-state index >= 15 is 0 Å². The third-order valence-corrected chi connectivity index (χ3v) is 6.79. The molecular formula is C29H36O18. The van der Waals surface area contributed by atoms with Crippen molar-refractivity contribution in [3.8, 4) is 11.5 Å². The summed E-state index contributed by atoms with van der Waals surface area (Å²) in [7, 11) is 0. The fourth-order valence-corrected chi connectivity index (χ4v) is 4.87. The molecule has 260 valence electrons. The zero-order valence-corrected chi connectivity index (χ0v) is 25.7. The van der Waals surface area contributed by atoms with Crippen LogP contribution in [0.25, 0.3) is 6.08 Å². The SMILES string of the molecule is CC(=O)OC[C@H]1O[C@H](O[C@]2(CO)O[C@H](CO)[C@@H](O)[C@@H]2OC(=O)/C=C/c2ccc(O)c(O)c2)[C@H](OC(C)=O)[C@@H](OC(C)=O)[C@@H]1OC(C)=O. The molecule has 0 radical (unpaired) electrons. The summed E-state index contributed by atoms with van der Waals surface area (Å²) < 4.78 is 43.8. The van der Waals surface area contributed by atoms with Crippen LogP contribution in [0.15, 0.2) is 24.3 Å². The molecule has 5 N–H and O–H groups in total. The summed E-state index contributed by atoms with van der Waals surface area (Å²) in [6.45, 7) is 1.44. The van der Waals surface area contributed by atoms with Gasteiger partial charge in [0.2, 0.25) is 12.1 Å². The number of hydrogen-bond acceptors (Lipinski definition) is 18. The number of esters is 5. The molecule has 0 aliphatic carbocycles. The predicted octanol–water partition coefficient (Wildman–Crippen LogP) is -1.44. The van der Waals surface area contributed by atoms with Gasteiger partial charge in [0.15, 0.2) is 35.9 Å². The smallest absolute Gasteiger partial charge is 0.331 e. The molecule has 0 saturated carbocycles. The molecule has 2 fully saturated rings. The van der Waals surface area contributed by atoms with Gasteiger partial charge in [0, 0.05) is 33.8 Å². The topological polar surface area (TPSA) is 260 Å². The molecule has 2 aliphatic rings. The molecule has 2 saturated heterocycles. The maximum Gasteiger partial charge on any atom is 0.331 e. The Hall–Kier alpha value is -4.33. The first kappa shape index (κ1) is 37.1. The summed E-state index contributed by atoms with van der Waals surface area (Å²) in [4.78, 5) is 60.8. The number of carbonyl (C=O) groups excluding carboxylic acids is 5. The van der Waals surface area contributed by atoms with Gasteiger partial charge in [-0.3, -0.25) is 19.2 Å². The number of aliphatic hydroxyl groups excluding tert-OH is 3. The van der Waals surface area contributed by atoms with Crippen LogP contribution in [-0.4, -0.2) is 130 Å². The molecule has 47 heavy (non-hydrogen) atoms. The molecule has 2 heterocycles. The molecular weight excluding hydrogens is 636 g/mol. The van der Waals surface area contributed by atoms with Crippen LogP contribution in [0, 0.1) is 0 Å². The Kier molecular flexibility index (Phi) is 12.6. The average molecular weight is 673 g/mol. The second-order valence-electron chi connectivity index (χ2n) is 10.4. The van der Waals surface area contributed by atoms with E-state index in [2.05, 4.69) is 0 Å². The Labute approximate surface area is 267 Å². The molecule has 1 aromatic carbocycles. The van der Waals surface area contributed by atoms with Crippen LogP contribution in [0.4, 0.5) is 0 Å². The zero-order valence-electron chi connectivity index (χ0n) is 25.7. The molecule has 9 atom stereocenters. The lowest BCUT2D eigenvalue weighted by molar-refractivity contribution is -0.384. The van der Waals surface area contributed by atoms with Gasteiger partial charge in [-0.15, -0.1) is 0 Å². The van der Waals surface area contributed by atoms with Gasteiger partial charge in [-0.1, -0.05) is 6.07 Å². The lowest BCUT2D eigenvalue weighted by Gasteiger charge is -2.46. The highest BCUT2D eigenvalue weighted by atomic mass is 16.8. The summed E-state index contributed by atoms with van der Waals surface area (Å²) in [5, 5.41) is 50.5. The number of hydrogen-bond donors (Lipinski definition) is 5. The fourth-order valence-electron chi connectivity index (χ4n) is 4.87. The van der Waals surface area contributed by atoms with Crippen molar-refractivity contribution in [2.75, 3.05) is 19.8 Å². The number of aliphatic hydroxyl groups is 3. The van der Waals surface area contributed by atoms with Crippen LogP contribution >= 0.6 is 0 Å². The zero-order chi connectivity index (χ0) is 35.1. The largest absolute Gasteiger partial charge is 0.504 e. The van der Waals surface area contributed by atoms with E-state index in [0.717, 1.165) is 39.8 Å². The minimum Gasteiger partial charge on any atom is -0.504 e. The van der Waals surface area contributed by atoms with Gasteiger partial charge in [0.25, 0.3) is 0 Å². The van der Waals surface area contributed by atoms with Gasteiger partial charge in [0.05, 0.1) is 6.61 Å². The van der Waals surface area contributed by atoms with Crippen molar-refractivity contribution < 1.29 is 87.4 Å². The van der Waals surface area contributed by atoms with Crippen LogP contribution in [0.2, 0.25) is 0 Å². The molecule has 0 spiro atoms. The first-order chi connectivity index (χ1) is 22.1. The number of phenolic OH excluding ortho intramolecular Hbond substituents is 2. The maximum absolute atomic E-state index is 12.8. The second-order valence-corrected chi connectivity index (χ2v) is 10.4. The fraction of sp³-hybridized carbons (Fsp3) is 0.552. The highest BCUT2D eigenvalue weighted by molar-refractivity contribution is 5.87. The number of rotatable bonds is 12. The number of phenols is 2. The summed E-state index contributed by atoms with van der Waals surface area (Å²) in [6.07, 6.45) is -11.5. The summed E-state index contributed by atoms with van der Waals surface area (Å²) >= 11 is 0. The quantitative estimate of drug-likeness (QED) is 0.0737. The molecule has 2 aliphatic heterocycles. The van der Waals surface area contributed by atoms with E-state index in [9.17, 15) is 49.5 Å². The van der Waals surface area contributed by atoms with E-state index in [4.69, 9.17) is 37.9 Å². The van der Waals surface area contributed by atoms with E-state index in [-0.39, 0.29) is 5.56 Å². The highest BCUT2D eigenvalue weighted by Crippen LogP contribution is 2.39. The Balaban J connectivity index is 2.01. The third-order valence-electron chi connectivity index (χ3n) is 6.79. The van der Waals surface area contributed by atoms with Crippen molar-refractivity contribution >= 4 is 35.9 Å². The van der Waals surface area contributed by atoms with Gasteiger partial charge in [-0.2, -0.15) is 0 Å². The molecule has 0 aromatic heterocycles. The van der Waals surface area contributed by atoms with Crippen molar-refractivity contribution in [1.82, 2.24) is 0 Å². The monoisotopic (exact) mass is 672 g/mol. The van der Waals surface area contributed by atoms with Crippen LogP contribution in [0.3, 0.4) is 0 Å².